The summed E-state index contributed by atoms with van der Waals surface area (Å²) in [6.07, 6.45) is 0.394. The number of carbonyl (C=O) groups is 1. The van der Waals surface area contributed by atoms with Gasteiger partial charge in [-0.05, 0) is 23.1 Å². The van der Waals surface area contributed by atoms with Crippen molar-refractivity contribution in [3.63, 3.8) is 0 Å². The third kappa shape index (κ3) is 4.67. The maximum absolute atomic E-state index is 12.1. The maximum atomic E-state index is 12.1. The van der Waals surface area contributed by atoms with Crippen LogP contribution in [0.5, 0.6) is 0 Å². The first-order chi connectivity index (χ1) is 10.3. The normalized spacial score (nSPS) is 11.2. The molecule has 0 aliphatic rings. The topological polar surface area (TPSA) is 77.9 Å². The van der Waals surface area contributed by atoms with Crippen LogP contribution < -0.4 is 5.32 Å². The molecule has 2 aromatic carbocycles. The van der Waals surface area contributed by atoms with Crippen molar-refractivity contribution >= 4 is 5.91 Å². The molecule has 5 heteroatoms. The zero-order valence-corrected chi connectivity index (χ0v) is 11.5. The van der Waals surface area contributed by atoms with Gasteiger partial charge in [0.2, 0.25) is 5.91 Å². The molecule has 106 valence electrons. The van der Waals surface area contributed by atoms with Crippen LogP contribution in [0, 0.1) is 0 Å². The quantitative estimate of drug-likeness (QED) is 0.492. The third-order valence-electron chi connectivity index (χ3n) is 3.08. The zero-order chi connectivity index (χ0) is 14.9. The van der Waals surface area contributed by atoms with E-state index in [4.69, 9.17) is 5.53 Å². The Morgan fingerprint density at radius 1 is 1.05 bits per heavy atom. The molecule has 0 saturated carbocycles. The van der Waals surface area contributed by atoms with E-state index in [0.29, 0.717) is 13.0 Å². The number of benzene rings is 2. The van der Waals surface area contributed by atoms with Gasteiger partial charge >= 0.3 is 0 Å². The van der Waals surface area contributed by atoms with Crippen LogP contribution in [0.3, 0.4) is 0 Å². The van der Waals surface area contributed by atoms with Crippen LogP contribution in [0.2, 0.25) is 0 Å². The van der Waals surface area contributed by atoms with E-state index >= 15 is 0 Å². The summed E-state index contributed by atoms with van der Waals surface area (Å²) < 4.78 is 0. The Kier molecular flexibility index (Phi) is 5.38. The van der Waals surface area contributed by atoms with Crippen LogP contribution in [0.4, 0.5) is 0 Å². The van der Waals surface area contributed by atoms with Gasteiger partial charge in [0.1, 0.15) is 6.04 Å². The summed E-state index contributed by atoms with van der Waals surface area (Å²) in [5.74, 6) is -0.263. The van der Waals surface area contributed by atoms with E-state index in [-0.39, 0.29) is 5.91 Å². The van der Waals surface area contributed by atoms with E-state index in [9.17, 15) is 4.79 Å². The SMILES string of the molecule is [N-]=[N+]=N[C@@H](Cc1ccccc1)C(=O)NCc1ccccc1. The second-order valence-corrected chi connectivity index (χ2v) is 4.61. The summed E-state index contributed by atoms with van der Waals surface area (Å²) in [4.78, 5) is 14.9. The average Bonchev–Trinajstić information content (AvgIpc) is 2.54. The van der Waals surface area contributed by atoms with Gasteiger partial charge in [0, 0.05) is 11.5 Å². The molecule has 1 amide bonds. The minimum atomic E-state index is -0.735. The van der Waals surface area contributed by atoms with Crippen molar-refractivity contribution in [3.05, 3.63) is 82.2 Å². The minimum Gasteiger partial charge on any atom is -0.352 e. The molecule has 0 radical (unpaired) electrons. The highest BCUT2D eigenvalue weighted by atomic mass is 16.2. The van der Waals surface area contributed by atoms with E-state index in [1.54, 1.807) is 0 Å². The highest BCUT2D eigenvalue weighted by Crippen LogP contribution is 2.07. The number of nitrogens with zero attached hydrogens (tertiary/aromatic N) is 3. The second-order valence-electron chi connectivity index (χ2n) is 4.61. The average molecular weight is 280 g/mol. The molecule has 0 aliphatic carbocycles. The Bertz CT molecular complexity index is 621. The Labute approximate surface area is 123 Å². The largest absolute Gasteiger partial charge is 0.352 e. The van der Waals surface area contributed by atoms with E-state index in [2.05, 4.69) is 15.3 Å². The number of carbonyl (C=O) groups excluding carboxylic acids is 1. The Morgan fingerprint density at radius 3 is 2.19 bits per heavy atom. The van der Waals surface area contributed by atoms with Crippen LogP contribution in [-0.4, -0.2) is 11.9 Å². The molecular weight excluding hydrogens is 264 g/mol. The lowest BCUT2D eigenvalue weighted by Crippen LogP contribution is -2.34. The van der Waals surface area contributed by atoms with Gasteiger partial charge in [-0.25, -0.2) is 0 Å². The van der Waals surface area contributed by atoms with Crippen molar-refractivity contribution in [2.75, 3.05) is 0 Å². The standard InChI is InChI=1S/C16H16N4O/c17-20-19-15(11-13-7-3-1-4-8-13)16(21)18-12-14-9-5-2-6-10-14/h1-10,15H,11-12H2,(H,18,21)/t15-/m0/s1. The summed E-state index contributed by atoms with van der Waals surface area (Å²) >= 11 is 0. The summed E-state index contributed by atoms with van der Waals surface area (Å²) in [5, 5.41) is 6.40. The highest BCUT2D eigenvalue weighted by molar-refractivity contribution is 5.82. The summed E-state index contributed by atoms with van der Waals surface area (Å²) in [7, 11) is 0. The summed E-state index contributed by atoms with van der Waals surface area (Å²) in [6, 6.07) is 18.4. The van der Waals surface area contributed by atoms with Crippen LogP contribution in [-0.2, 0) is 17.8 Å². The van der Waals surface area contributed by atoms with Gasteiger partial charge in [-0.2, -0.15) is 0 Å². The first kappa shape index (κ1) is 14.6. The third-order valence-corrected chi connectivity index (χ3v) is 3.08. The van der Waals surface area contributed by atoms with E-state index in [1.165, 1.54) is 0 Å². The lowest BCUT2D eigenvalue weighted by molar-refractivity contribution is -0.122. The van der Waals surface area contributed by atoms with Crippen molar-refractivity contribution in [1.82, 2.24) is 5.32 Å². The van der Waals surface area contributed by atoms with Crippen LogP contribution in [0.1, 0.15) is 11.1 Å². The number of amides is 1. The maximum Gasteiger partial charge on any atom is 0.229 e. The molecule has 0 aromatic heterocycles. The molecule has 2 rings (SSSR count). The van der Waals surface area contributed by atoms with Crippen LogP contribution in [0.25, 0.3) is 10.4 Å². The molecule has 0 unspecified atom stereocenters. The fourth-order valence-electron chi connectivity index (χ4n) is 1.99. The monoisotopic (exact) mass is 280 g/mol. The summed E-state index contributed by atoms with van der Waals surface area (Å²) in [6.45, 7) is 0.423. The van der Waals surface area contributed by atoms with Gasteiger partial charge in [0.25, 0.3) is 0 Å². The molecule has 0 fully saturated rings. The molecular formula is C16H16N4O. The van der Waals surface area contributed by atoms with Crippen molar-refractivity contribution in [2.24, 2.45) is 5.11 Å². The first-order valence-electron chi connectivity index (χ1n) is 6.69. The lowest BCUT2D eigenvalue weighted by Gasteiger charge is -2.12. The van der Waals surface area contributed by atoms with E-state index in [0.717, 1.165) is 11.1 Å². The summed E-state index contributed by atoms with van der Waals surface area (Å²) in [5.41, 5.74) is 10.6. The fourth-order valence-corrected chi connectivity index (χ4v) is 1.99. The van der Waals surface area contributed by atoms with Crippen molar-refractivity contribution in [1.29, 1.82) is 0 Å². The number of hydrogen-bond donors (Lipinski definition) is 1. The van der Waals surface area contributed by atoms with Crippen LogP contribution in [0.15, 0.2) is 65.8 Å². The molecule has 0 spiro atoms. The van der Waals surface area contributed by atoms with Crippen molar-refractivity contribution in [3.8, 4) is 0 Å². The molecule has 21 heavy (non-hydrogen) atoms. The molecule has 1 atom stereocenters. The van der Waals surface area contributed by atoms with Gasteiger partial charge in [-0.15, -0.1) is 0 Å². The Balaban J connectivity index is 1.97. The van der Waals surface area contributed by atoms with Gasteiger partial charge in [0.05, 0.1) is 0 Å². The molecule has 2 aromatic rings. The van der Waals surface area contributed by atoms with Crippen molar-refractivity contribution < 1.29 is 4.79 Å². The molecule has 0 saturated heterocycles. The molecule has 0 bridgehead atoms. The predicted octanol–water partition coefficient (Wildman–Crippen LogP) is 3.22. The number of nitrogens with one attached hydrogen (secondary N) is 1. The van der Waals surface area contributed by atoms with Gasteiger partial charge in [-0.1, -0.05) is 65.8 Å². The van der Waals surface area contributed by atoms with Crippen molar-refractivity contribution in [2.45, 2.75) is 19.0 Å². The first-order valence-corrected chi connectivity index (χ1v) is 6.69. The van der Waals surface area contributed by atoms with Gasteiger partial charge < -0.3 is 5.32 Å². The van der Waals surface area contributed by atoms with Crippen LogP contribution >= 0.6 is 0 Å². The Morgan fingerprint density at radius 2 is 1.62 bits per heavy atom. The number of azide groups is 1. The zero-order valence-electron chi connectivity index (χ0n) is 11.5. The molecule has 1 N–H and O–H groups in total. The minimum absolute atomic E-state index is 0.263. The predicted molar refractivity (Wildman–Crippen MR) is 81.4 cm³/mol. The lowest BCUT2D eigenvalue weighted by atomic mass is 10.1. The number of hydrogen-bond acceptors (Lipinski definition) is 2. The Hall–Kier alpha value is -2.78. The highest BCUT2D eigenvalue weighted by Gasteiger charge is 2.16. The van der Waals surface area contributed by atoms with E-state index < -0.39 is 6.04 Å². The number of rotatable bonds is 6. The molecule has 0 aliphatic heterocycles. The van der Waals surface area contributed by atoms with Gasteiger partial charge in [-0.3, -0.25) is 4.79 Å². The smallest absolute Gasteiger partial charge is 0.229 e. The molecule has 0 heterocycles. The fraction of sp³-hybridized carbons (Fsp3) is 0.188. The molecule has 5 nitrogen and oxygen atoms in total. The van der Waals surface area contributed by atoms with E-state index in [1.807, 2.05) is 60.7 Å². The van der Waals surface area contributed by atoms with Gasteiger partial charge in [0.15, 0.2) is 0 Å². The second kappa shape index (κ2) is 7.72.